The van der Waals surface area contributed by atoms with Crippen molar-refractivity contribution < 1.29 is 24.2 Å². The zero-order chi connectivity index (χ0) is 20.7. The van der Waals surface area contributed by atoms with Gasteiger partial charge in [-0.3, -0.25) is 14.4 Å². The van der Waals surface area contributed by atoms with Crippen LogP contribution in [0.2, 0.25) is 0 Å². The number of carboxylic acid groups (broad SMARTS) is 1. The van der Waals surface area contributed by atoms with Crippen molar-refractivity contribution in [1.29, 1.82) is 0 Å². The molecule has 2 amide bonds. The van der Waals surface area contributed by atoms with E-state index in [1.165, 1.54) is 4.90 Å². The Kier molecular flexibility index (Phi) is 7.84. The molecule has 0 aliphatic carbocycles. The molecule has 1 saturated heterocycles. The predicted molar refractivity (Wildman–Crippen MR) is 105 cm³/mol. The van der Waals surface area contributed by atoms with Crippen molar-refractivity contribution in [3.8, 4) is 5.75 Å². The van der Waals surface area contributed by atoms with Crippen molar-refractivity contribution >= 4 is 17.8 Å². The summed E-state index contributed by atoms with van der Waals surface area (Å²) in [5.41, 5.74) is 1.05. The highest BCUT2D eigenvalue weighted by molar-refractivity contribution is 5.85. The number of rotatable bonds is 8. The van der Waals surface area contributed by atoms with Gasteiger partial charge in [0.15, 0.2) is 0 Å². The van der Waals surface area contributed by atoms with E-state index in [2.05, 4.69) is 0 Å². The normalized spacial score (nSPS) is 17.7. The fourth-order valence-electron chi connectivity index (χ4n) is 3.57. The quantitative estimate of drug-likeness (QED) is 0.734. The van der Waals surface area contributed by atoms with Gasteiger partial charge in [-0.1, -0.05) is 25.1 Å². The molecule has 0 bridgehead atoms. The van der Waals surface area contributed by atoms with Crippen LogP contribution in [0, 0.1) is 11.8 Å². The van der Waals surface area contributed by atoms with Crippen molar-refractivity contribution in [2.24, 2.45) is 11.8 Å². The van der Waals surface area contributed by atoms with Crippen LogP contribution in [-0.2, 0) is 20.8 Å². The molecule has 7 nitrogen and oxygen atoms in total. The van der Waals surface area contributed by atoms with Gasteiger partial charge >= 0.3 is 5.97 Å². The van der Waals surface area contributed by atoms with Gasteiger partial charge in [0.2, 0.25) is 11.8 Å². The van der Waals surface area contributed by atoms with Crippen LogP contribution < -0.4 is 4.74 Å². The Morgan fingerprint density at radius 1 is 1.32 bits per heavy atom. The Morgan fingerprint density at radius 3 is 2.71 bits per heavy atom. The standard InChI is InChI=1S/C21H30N2O5/c1-15(11-16-7-4-5-9-18(16)28-3)12-19(24)22(2)14-20(25)23-10-6-8-17(13-23)21(26)27/h4-5,7,9,15,17H,6,8,10-14H2,1-3H3,(H,26,27). The molecule has 1 aliphatic rings. The highest BCUT2D eigenvalue weighted by Crippen LogP contribution is 2.22. The van der Waals surface area contributed by atoms with Crippen LogP contribution in [0.15, 0.2) is 24.3 Å². The van der Waals surface area contributed by atoms with Gasteiger partial charge in [0.05, 0.1) is 19.6 Å². The maximum Gasteiger partial charge on any atom is 0.308 e. The smallest absolute Gasteiger partial charge is 0.308 e. The number of methoxy groups -OCH3 is 1. The summed E-state index contributed by atoms with van der Waals surface area (Å²) in [4.78, 5) is 39.1. The lowest BCUT2D eigenvalue weighted by atomic mass is 9.97. The summed E-state index contributed by atoms with van der Waals surface area (Å²) in [7, 11) is 3.25. The molecule has 2 rings (SSSR count). The van der Waals surface area contributed by atoms with Gasteiger partial charge in [-0.25, -0.2) is 0 Å². The zero-order valence-corrected chi connectivity index (χ0v) is 16.9. The van der Waals surface area contributed by atoms with Crippen molar-refractivity contribution in [3.05, 3.63) is 29.8 Å². The number of para-hydroxylation sites is 1. The number of nitrogens with zero attached hydrogens (tertiary/aromatic N) is 2. The molecule has 1 fully saturated rings. The van der Waals surface area contributed by atoms with Gasteiger partial charge in [0.1, 0.15) is 5.75 Å². The third-order valence-corrected chi connectivity index (χ3v) is 5.21. The summed E-state index contributed by atoms with van der Waals surface area (Å²) in [5.74, 6) is -0.760. The first-order valence-corrected chi connectivity index (χ1v) is 9.68. The number of likely N-dealkylation sites (tertiary alicyclic amines) is 1. The van der Waals surface area contributed by atoms with E-state index >= 15 is 0 Å². The number of aliphatic carboxylic acids is 1. The molecule has 1 aromatic rings. The Hall–Kier alpha value is -2.57. The average molecular weight is 390 g/mol. The van der Waals surface area contributed by atoms with Gasteiger partial charge in [-0.2, -0.15) is 0 Å². The van der Waals surface area contributed by atoms with Crippen molar-refractivity contribution in [2.75, 3.05) is 33.8 Å². The predicted octanol–water partition coefficient (Wildman–Crippen LogP) is 2.05. The number of piperidine rings is 1. The lowest BCUT2D eigenvalue weighted by Crippen LogP contribution is -2.47. The van der Waals surface area contributed by atoms with Crippen molar-refractivity contribution in [1.82, 2.24) is 9.80 Å². The minimum Gasteiger partial charge on any atom is -0.496 e. The van der Waals surface area contributed by atoms with Crippen molar-refractivity contribution in [2.45, 2.75) is 32.6 Å². The summed E-state index contributed by atoms with van der Waals surface area (Å²) >= 11 is 0. The molecule has 1 aromatic carbocycles. The molecule has 7 heteroatoms. The van der Waals surface area contributed by atoms with Crippen LogP contribution in [0.4, 0.5) is 0 Å². The van der Waals surface area contributed by atoms with Crippen LogP contribution in [0.25, 0.3) is 0 Å². The highest BCUT2D eigenvalue weighted by atomic mass is 16.5. The Morgan fingerprint density at radius 2 is 2.04 bits per heavy atom. The SMILES string of the molecule is COc1ccccc1CC(C)CC(=O)N(C)CC(=O)N1CCCC(C(=O)O)C1. The summed E-state index contributed by atoms with van der Waals surface area (Å²) in [6, 6.07) is 7.74. The molecule has 0 saturated carbocycles. The number of hydrogen-bond donors (Lipinski definition) is 1. The number of carbonyl (C=O) groups is 3. The molecule has 28 heavy (non-hydrogen) atoms. The molecule has 1 heterocycles. The second-order valence-electron chi connectivity index (χ2n) is 7.59. The molecular formula is C21H30N2O5. The maximum absolute atomic E-state index is 12.5. The number of carboxylic acids is 1. The van der Waals surface area contributed by atoms with E-state index in [4.69, 9.17) is 9.84 Å². The third kappa shape index (κ3) is 5.97. The summed E-state index contributed by atoms with van der Waals surface area (Å²) in [6.07, 6.45) is 2.31. The van der Waals surface area contributed by atoms with E-state index in [1.807, 2.05) is 31.2 Å². The highest BCUT2D eigenvalue weighted by Gasteiger charge is 2.29. The molecule has 154 valence electrons. The fourth-order valence-corrected chi connectivity index (χ4v) is 3.57. The number of ether oxygens (including phenoxy) is 1. The molecule has 0 spiro atoms. The summed E-state index contributed by atoms with van der Waals surface area (Å²) < 4.78 is 5.36. The number of amides is 2. The molecule has 0 aromatic heterocycles. The molecule has 2 unspecified atom stereocenters. The van der Waals surface area contributed by atoms with E-state index in [0.29, 0.717) is 32.2 Å². The Labute approximate surface area is 166 Å². The topological polar surface area (TPSA) is 87.2 Å². The van der Waals surface area contributed by atoms with Crippen LogP contribution >= 0.6 is 0 Å². The lowest BCUT2D eigenvalue weighted by Gasteiger charge is -2.32. The van der Waals surface area contributed by atoms with E-state index in [1.54, 1.807) is 19.1 Å². The maximum atomic E-state index is 12.5. The van der Waals surface area contributed by atoms with E-state index in [-0.39, 0.29) is 30.8 Å². The third-order valence-electron chi connectivity index (χ3n) is 5.21. The molecule has 1 aliphatic heterocycles. The van der Waals surface area contributed by atoms with E-state index < -0.39 is 11.9 Å². The largest absolute Gasteiger partial charge is 0.496 e. The van der Waals surface area contributed by atoms with E-state index in [0.717, 1.165) is 11.3 Å². The second kappa shape index (κ2) is 10.1. The summed E-state index contributed by atoms with van der Waals surface area (Å²) in [6.45, 7) is 2.75. The first-order valence-electron chi connectivity index (χ1n) is 9.68. The van der Waals surface area contributed by atoms with Crippen LogP contribution in [0.3, 0.4) is 0 Å². The summed E-state index contributed by atoms with van der Waals surface area (Å²) in [5, 5.41) is 9.15. The molecule has 0 radical (unpaired) electrons. The monoisotopic (exact) mass is 390 g/mol. The van der Waals surface area contributed by atoms with Crippen LogP contribution in [0.5, 0.6) is 5.75 Å². The van der Waals surface area contributed by atoms with Crippen molar-refractivity contribution in [3.63, 3.8) is 0 Å². The first kappa shape index (κ1) is 21.7. The Bertz CT molecular complexity index is 706. The van der Waals surface area contributed by atoms with Gasteiger partial charge in [0.25, 0.3) is 0 Å². The van der Waals surface area contributed by atoms with Crippen LogP contribution in [-0.4, -0.2) is 66.5 Å². The zero-order valence-electron chi connectivity index (χ0n) is 16.9. The number of likely N-dealkylation sites (N-methyl/N-ethyl adjacent to an activating group) is 1. The molecular weight excluding hydrogens is 360 g/mol. The number of hydrogen-bond acceptors (Lipinski definition) is 4. The number of carbonyl (C=O) groups excluding carboxylic acids is 2. The first-order chi connectivity index (χ1) is 13.3. The average Bonchev–Trinajstić information content (AvgIpc) is 2.68. The van der Waals surface area contributed by atoms with Gasteiger partial charge < -0.3 is 19.6 Å². The Balaban J connectivity index is 1.84. The molecule has 2 atom stereocenters. The van der Waals surface area contributed by atoms with E-state index in [9.17, 15) is 14.4 Å². The van der Waals surface area contributed by atoms with Gasteiger partial charge in [-0.15, -0.1) is 0 Å². The van der Waals surface area contributed by atoms with Gasteiger partial charge in [0, 0.05) is 26.6 Å². The minimum absolute atomic E-state index is 0.0213. The lowest BCUT2D eigenvalue weighted by molar-refractivity contribution is -0.147. The van der Waals surface area contributed by atoms with Gasteiger partial charge in [-0.05, 0) is 36.8 Å². The van der Waals surface area contributed by atoms with Crippen LogP contribution in [0.1, 0.15) is 31.7 Å². The molecule has 1 N–H and O–H groups in total. The second-order valence-corrected chi connectivity index (χ2v) is 7.59. The fraction of sp³-hybridized carbons (Fsp3) is 0.571. The number of benzene rings is 1. The minimum atomic E-state index is -0.868.